The highest BCUT2D eigenvalue weighted by Gasteiger charge is 2.10. The molecule has 0 bridgehead atoms. The lowest BCUT2D eigenvalue weighted by Gasteiger charge is -2.23. The van der Waals surface area contributed by atoms with Gasteiger partial charge in [-0.25, -0.2) is 13.5 Å². The number of amides is 1. The summed E-state index contributed by atoms with van der Waals surface area (Å²) in [6, 6.07) is 4.67. The Balaban J connectivity index is 0.000000577. The lowest BCUT2D eigenvalue weighted by molar-refractivity contribution is 0.194. The molecule has 1 aliphatic heterocycles. The molecule has 1 heterocycles. The summed E-state index contributed by atoms with van der Waals surface area (Å²) in [6.07, 6.45) is 2.26. The van der Waals surface area contributed by atoms with Crippen LogP contribution in [-0.2, 0) is 4.74 Å². The summed E-state index contributed by atoms with van der Waals surface area (Å²) in [7, 11) is 0. The smallest absolute Gasteiger partial charge is 0.404 e. The summed E-state index contributed by atoms with van der Waals surface area (Å²) in [6.45, 7) is 8.23. The number of carbonyl (C=O) groups is 1. The molecule has 0 saturated carbocycles. The fraction of sp³-hybridized carbons (Fsp3) is 0.611. The molecule has 148 valence electrons. The van der Waals surface area contributed by atoms with Crippen LogP contribution >= 0.6 is 11.9 Å². The van der Waals surface area contributed by atoms with Gasteiger partial charge in [0, 0.05) is 37.7 Å². The predicted molar refractivity (Wildman–Crippen MR) is 104 cm³/mol. The van der Waals surface area contributed by atoms with Crippen LogP contribution in [0.3, 0.4) is 0 Å². The second-order valence-corrected chi connectivity index (χ2v) is 7.63. The number of benzene rings is 1. The van der Waals surface area contributed by atoms with Crippen LogP contribution in [0.25, 0.3) is 0 Å². The zero-order valence-corrected chi connectivity index (χ0v) is 16.4. The van der Waals surface area contributed by atoms with E-state index in [0.29, 0.717) is 18.9 Å². The number of ether oxygens (including phenoxy) is 1. The number of rotatable bonds is 8. The lowest BCUT2D eigenvalue weighted by Crippen LogP contribution is -2.27. The number of halogens is 1. The van der Waals surface area contributed by atoms with Crippen molar-refractivity contribution in [3.05, 3.63) is 24.0 Å². The van der Waals surface area contributed by atoms with Gasteiger partial charge in [-0.3, -0.25) is 0 Å². The topological polar surface area (TPSA) is 87.8 Å². The Hall–Kier alpha value is -1.51. The van der Waals surface area contributed by atoms with E-state index in [1.54, 1.807) is 12.1 Å². The van der Waals surface area contributed by atoms with Gasteiger partial charge in [0.2, 0.25) is 0 Å². The first-order valence-electron chi connectivity index (χ1n) is 8.91. The average molecular weight is 388 g/mol. The summed E-state index contributed by atoms with van der Waals surface area (Å²) in [5.74, 6) is 0.0585. The molecule has 0 spiro atoms. The first-order chi connectivity index (χ1) is 12.4. The SMILES string of the molecule is C1CCOC1.CC(C)CN(CCCNC(=O)O)Sc1ccc(F)c(N)c1. The fourth-order valence-corrected chi connectivity index (χ4v) is 3.47. The van der Waals surface area contributed by atoms with Crippen LogP contribution in [0.15, 0.2) is 23.1 Å². The Kier molecular flexibility index (Phi) is 11.1. The summed E-state index contributed by atoms with van der Waals surface area (Å²) in [5.41, 5.74) is 5.71. The van der Waals surface area contributed by atoms with Gasteiger partial charge in [0.05, 0.1) is 5.69 Å². The van der Waals surface area contributed by atoms with E-state index < -0.39 is 11.9 Å². The van der Waals surface area contributed by atoms with E-state index in [1.807, 2.05) is 0 Å². The summed E-state index contributed by atoms with van der Waals surface area (Å²) >= 11 is 1.51. The number of nitrogens with one attached hydrogen (secondary N) is 1. The zero-order valence-electron chi connectivity index (χ0n) is 15.5. The standard InChI is InChI=1S/C14H22FN3O2S.C4H8O/c1-10(2)9-18(7-3-6-17-14(19)20)21-11-4-5-12(15)13(16)8-11;1-2-4-5-3-1/h4-5,8,10,17H,3,6-7,9,16H2,1-2H3,(H,19,20);1-4H2. The minimum absolute atomic E-state index is 0.136. The molecular weight excluding hydrogens is 357 g/mol. The molecule has 26 heavy (non-hydrogen) atoms. The Bertz CT molecular complexity index is 535. The molecule has 1 aromatic carbocycles. The Labute approximate surface area is 159 Å². The Morgan fingerprint density at radius 2 is 2.12 bits per heavy atom. The third-order valence-electron chi connectivity index (χ3n) is 3.46. The van der Waals surface area contributed by atoms with Crippen LogP contribution in [0, 0.1) is 11.7 Å². The van der Waals surface area contributed by atoms with E-state index >= 15 is 0 Å². The molecule has 0 unspecified atom stereocenters. The first kappa shape index (κ1) is 22.5. The number of hydrogen-bond acceptors (Lipinski definition) is 5. The fourth-order valence-electron chi connectivity index (χ4n) is 2.27. The van der Waals surface area contributed by atoms with Crippen LogP contribution in [0.2, 0.25) is 0 Å². The van der Waals surface area contributed by atoms with Crippen LogP contribution in [-0.4, -0.2) is 48.4 Å². The molecule has 1 fully saturated rings. The van der Waals surface area contributed by atoms with Crippen molar-refractivity contribution in [2.75, 3.05) is 38.6 Å². The molecule has 1 amide bonds. The van der Waals surface area contributed by atoms with E-state index in [0.717, 1.165) is 31.2 Å². The largest absolute Gasteiger partial charge is 0.465 e. The van der Waals surface area contributed by atoms with Crippen molar-refractivity contribution >= 4 is 23.7 Å². The van der Waals surface area contributed by atoms with Gasteiger partial charge in [-0.15, -0.1) is 0 Å². The second-order valence-electron chi connectivity index (χ2n) is 6.46. The molecule has 0 aliphatic carbocycles. The van der Waals surface area contributed by atoms with E-state index in [9.17, 15) is 9.18 Å². The minimum Gasteiger partial charge on any atom is -0.465 e. The van der Waals surface area contributed by atoms with Gasteiger partial charge in [0.15, 0.2) is 0 Å². The van der Waals surface area contributed by atoms with Gasteiger partial charge in [-0.1, -0.05) is 13.8 Å². The van der Waals surface area contributed by atoms with Gasteiger partial charge >= 0.3 is 6.09 Å². The number of anilines is 1. The van der Waals surface area contributed by atoms with E-state index in [1.165, 1.54) is 30.9 Å². The molecule has 0 radical (unpaired) electrons. The lowest BCUT2D eigenvalue weighted by atomic mass is 10.2. The average Bonchev–Trinajstić information content (AvgIpc) is 3.14. The predicted octanol–water partition coefficient (Wildman–Crippen LogP) is 3.83. The number of nitrogen functional groups attached to an aromatic ring is 1. The molecule has 2 rings (SSSR count). The maximum atomic E-state index is 13.2. The summed E-state index contributed by atoms with van der Waals surface area (Å²) < 4.78 is 20.2. The number of carboxylic acid groups (broad SMARTS) is 1. The van der Waals surface area contributed by atoms with E-state index in [2.05, 4.69) is 23.5 Å². The molecule has 0 aromatic heterocycles. The van der Waals surface area contributed by atoms with Crippen molar-refractivity contribution in [3.8, 4) is 0 Å². The molecule has 1 aliphatic rings. The summed E-state index contributed by atoms with van der Waals surface area (Å²) in [5, 5.41) is 10.9. The number of nitrogens with zero attached hydrogens (tertiary/aromatic N) is 1. The normalized spacial score (nSPS) is 13.6. The second kappa shape index (κ2) is 12.8. The van der Waals surface area contributed by atoms with Gasteiger partial charge in [0.1, 0.15) is 5.82 Å². The van der Waals surface area contributed by atoms with Crippen molar-refractivity contribution in [2.45, 2.75) is 38.0 Å². The van der Waals surface area contributed by atoms with Crippen LogP contribution < -0.4 is 11.1 Å². The number of hydrogen-bond donors (Lipinski definition) is 3. The third-order valence-corrected chi connectivity index (χ3v) is 4.51. The van der Waals surface area contributed by atoms with Gasteiger partial charge in [-0.2, -0.15) is 0 Å². The molecule has 8 heteroatoms. The highest BCUT2D eigenvalue weighted by atomic mass is 32.2. The van der Waals surface area contributed by atoms with Crippen molar-refractivity contribution in [3.63, 3.8) is 0 Å². The monoisotopic (exact) mass is 387 g/mol. The highest BCUT2D eigenvalue weighted by molar-refractivity contribution is 7.97. The van der Waals surface area contributed by atoms with Crippen molar-refractivity contribution in [2.24, 2.45) is 5.92 Å². The maximum absolute atomic E-state index is 13.2. The molecule has 1 saturated heterocycles. The van der Waals surface area contributed by atoms with Crippen LogP contribution in [0.4, 0.5) is 14.9 Å². The van der Waals surface area contributed by atoms with Gasteiger partial charge in [0.25, 0.3) is 0 Å². The van der Waals surface area contributed by atoms with Crippen molar-refractivity contribution < 1.29 is 19.0 Å². The van der Waals surface area contributed by atoms with E-state index in [-0.39, 0.29) is 5.69 Å². The molecule has 0 atom stereocenters. The highest BCUT2D eigenvalue weighted by Crippen LogP contribution is 2.26. The van der Waals surface area contributed by atoms with Crippen molar-refractivity contribution in [1.29, 1.82) is 0 Å². The molecule has 4 N–H and O–H groups in total. The quantitative estimate of drug-likeness (QED) is 0.357. The van der Waals surface area contributed by atoms with Crippen LogP contribution in [0.1, 0.15) is 33.1 Å². The third kappa shape index (κ3) is 10.5. The van der Waals surface area contributed by atoms with Crippen LogP contribution in [0.5, 0.6) is 0 Å². The molecule has 6 nitrogen and oxygen atoms in total. The molecular formula is C18H30FN3O3S. The summed E-state index contributed by atoms with van der Waals surface area (Å²) in [4.78, 5) is 11.3. The number of nitrogens with two attached hydrogens (primary N) is 1. The Morgan fingerprint density at radius 3 is 2.62 bits per heavy atom. The van der Waals surface area contributed by atoms with Crippen molar-refractivity contribution in [1.82, 2.24) is 9.62 Å². The zero-order chi connectivity index (χ0) is 19.4. The maximum Gasteiger partial charge on any atom is 0.404 e. The Morgan fingerprint density at radius 1 is 1.42 bits per heavy atom. The van der Waals surface area contributed by atoms with Gasteiger partial charge < -0.3 is 20.9 Å². The van der Waals surface area contributed by atoms with Gasteiger partial charge in [-0.05, 0) is 55.3 Å². The van der Waals surface area contributed by atoms with E-state index in [4.69, 9.17) is 15.6 Å². The molecule has 1 aromatic rings. The first-order valence-corrected chi connectivity index (χ1v) is 9.68. The minimum atomic E-state index is -1.01.